The molecule has 0 N–H and O–H groups in total. The largest absolute Gasteiger partial charge is 0.421 e. The lowest BCUT2D eigenvalue weighted by Crippen LogP contribution is -2.22. The van der Waals surface area contributed by atoms with Crippen LogP contribution < -0.4 is 11.2 Å². The molecule has 34 heavy (non-hydrogen) atoms. The molecule has 0 aliphatic heterocycles. The summed E-state index contributed by atoms with van der Waals surface area (Å²) < 4.78 is 6.74. The van der Waals surface area contributed by atoms with E-state index in [1.807, 2.05) is 18.2 Å². The number of carbonyl (C=O) groups excluding carboxylic acids is 1. The van der Waals surface area contributed by atoms with Crippen LogP contribution in [0.2, 0.25) is 10.0 Å². The number of nitrogens with zero attached hydrogens (tertiary/aromatic N) is 2. The Labute approximate surface area is 206 Å². The van der Waals surface area contributed by atoms with Gasteiger partial charge in [-0.3, -0.25) is 14.2 Å². The van der Waals surface area contributed by atoms with E-state index in [0.717, 1.165) is 11.8 Å². The van der Waals surface area contributed by atoms with Gasteiger partial charge in [0.2, 0.25) is 0 Å². The fourth-order valence-corrected chi connectivity index (χ4v) is 5.02. The zero-order chi connectivity index (χ0) is 23.8. The van der Waals surface area contributed by atoms with Gasteiger partial charge in [0.25, 0.3) is 5.56 Å². The number of fused-ring (bicyclic) bond motifs is 2. The van der Waals surface area contributed by atoms with Crippen LogP contribution in [0, 0.1) is 0 Å². The summed E-state index contributed by atoms with van der Waals surface area (Å²) in [6.45, 7) is 0. The predicted molar refractivity (Wildman–Crippen MR) is 135 cm³/mol. The van der Waals surface area contributed by atoms with Crippen LogP contribution in [0.1, 0.15) is 10.4 Å². The maximum Gasteiger partial charge on any atom is 0.347 e. The highest BCUT2D eigenvalue weighted by molar-refractivity contribution is 7.99. The summed E-state index contributed by atoms with van der Waals surface area (Å²) in [5, 5.41) is 1.77. The molecule has 0 fully saturated rings. The average Bonchev–Trinajstić information content (AvgIpc) is 2.83. The summed E-state index contributed by atoms with van der Waals surface area (Å²) in [7, 11) is 0. The van der Waals surface area contributed by atoms with E-state index in [4.69, 9.17) is 27.6 Å². The number of aromatic nitrogens is 2. The lowest BCUT2D eigenvalue weighted by atomic mass is 10.1. The normalized spacial score (nSPS) is 11.2. The van der Waals surface area contributed by atoms with E-state index >= 15 is 0 Å². The number of ketones is 1. The molecule has 3 aromatic carbocycles. The van der Waals surface area contributed by atoms with Crippen molar-refractivity contribution in [2.45, 2.75) is 5.16 Å². The number of hydrogen-bond acceptors (Lipinski definition) is 6. The van der Waals surface area contributed by atoms with E-state index in [0.29, 0.717) is 32.2 Å². The van der Waals surface area contributed by atoms with Crippen molar-refractivity contribution in [1.29, 1.82) is 0 Å². The first-order chi connectivity index (χ1) is 16.4. The molecule has 0 aliphatic carbocycles. The number of carbonyl (C=O) groups is 1. The molecule has 5 aromatic rings. The third-order valence-electron chi connectivity index (χ3n) is 5.14. The lowest BCUT2D eigenvalue weighted by Gasteiger charge is -2.13. The third kappa shape index (κ3) is 4.14. The van der Waals surface area contributed by atoms with Crippen LogP contribution in [0.5, 0.6) is 0 Å². The maximum absolute atomic E-state index is 13.3. The van der Waals surface area contributed by atoms with E-state index in [2.05, 4.69) is 4.98 Å². The number of thioether (sulfide) groups is 1. The summed E-state index contributed by atoms with van der Waals surface area (Å²) in [6.07, 6.45) is 0. The van der Waals surface area contributed by atoms with Crippen LogP contribution in [-0.4, -0.2) is 21.1 Å². The van der Waals surface area contributed by atoms with Gasteiger partial charge in [0.05, 0.1) is 27.4 Å². The van der Waals surface area contributed by atoms with Gasteiger partial charge in [-0.2, -0.15) is 0 Å². The first kappa shape index (κ1) is 22.4. The highest BCUT2D eigenvalue weighted by Crippen LogP contribution is 2.28. The van der Waals surface area contributed by atoms with Crippen LogP contribution in [0.15, 0.2) is 92.0 Å². The minimum atomic E-state index is -0.797. The molecule has 0 saturated heterocycles. The van der Waals surface area contributed by atoms with Crippen LogP contribution in [0.25, 0.3) is 27.6 Å². The van der Waals surface area contributed by atoms with E-state index in [9.17, 15) is 14.4 Å². The molecule has 0 spiro atoms. The molecule has 2 heterocycles. The van der Waals surface area contributed by atoms with E-state index < -0.39 is 11.4 Å². The predicted octanol–water partition coefficient (Wildman–Crippen LogP) is 5.77. The van der Waals surface area contributed by atoms with Gasteiger partial charge in [-0.1, -0.05) is 65.3 Å². The molecule has 9 heteroatoms. The van der Waals surface area contributed by atoms with Gasteiger partial charge in [0.1, 0.15) is 5.56 Å². The molecule has 168 valence electrons. The van der Waals surface area contributed by atoms with Gasteiger partial charge in [-0.05, 0) is 42.5 Å². The molecule has 0 saturated carbocycles. The van der Waals surface area contributed by atoms with Gasteiger partial charge in [0.15, 0.2) is 16.5 Å². The number of para-hydroxylation sites is 2. The smallest absolute Gasteiger partial charge is 0.347 e. The molecule has 0 radical (unpaired) electrons. The molecule has 0 amide bonds. The Hall–Kier alpha value is -3.39. The Balaban J connectivity index is 1.54. The Morgan fingerprint density at radius 3 is 2.50 bits per heavy atom. The Morgan fingerprint density at radius 1 is 0.971 bits per heavy atom. The van der Waals surface area contributed by atoms with Gasteiger partial charge >= 0.3 is 5.63 Å². The summed E-state index contributed by atoms with van der Waals surface area (Å²) in [5.41, 5.74) is 0.122. The highest BCUT2D eigenvalue weighted by atomic mass is 35.5. The number of rotatable bonds is 5. The second-order valence-electron chi connectivity index (χ2n) is 7.35. The van der Waals surface area contributed by atoms with Crippen molar-refractivity contribution in [3.8, 4) is 5.69 Å². The quantitative estimate of drug-likeness (QED) is 0.129. The third-order valence-corrected chi connectivity index (χ3v) is 6.58. The average molecular weight is 509 g/mol. The van der Waals surface area contributed by atoms with Gasteiger partial charge in [-0.15, -0.1) is 0 Å². The standard InChI is InChI=1S/C25H14Cl2N2O4S/c26-15-10-14-11-18(24(32)33-22(14)19(27)12-15)21(30)13-34-25-28-20-9-5-4-8-17(20)23(31)29(25)16-6-2-1-3-7-16/h1-12H,13H2. The molecular formula is C25H14Cl2N2O4S. The Morgan fingerprint density at radius 2 is 1.71 bits per heavy atom. The van der Waals surface area contributed by atoms with Crippen LogP contribution in [0.4, 0.5) is 0 Å². The first-order valence-corrected chi connectivity index (χ1v) is 11.8. The second-order valence-corrected chi connectivity index (χ2v) is 9.14. The minimum absolute atomic E-state index is 0.132. The monoisotopic (exact) mass is 508 g/mol. The topological polar surface area (TPSA) is 82.2 Å². The van der Waals surface area contributed by atoms with Crippen molar-refractivity contribution in [3.05, 3.63) is 109 Å². The SMILES string of the molecule is O=C(CSc1nc2ccccc2c(=O)n1-c1ccccc1)c1cc2cc(Cl)cc(Cl)c2oc1=O. The first-order valence-electron chi connectivity index (χ1n) is 10.1. The van der Waals surface area contributed by atoms with Gasteiger partial charge in [0, 0.05) is 10.4 Å². The molecule has 0 unspecified atom stereocenters. The van der Waals surface area contributed by atoms with Crippen molar-refractivity contribution in [3.63, 3.8) is 0 Å². The van der Waals surface area contributed by atoms with Crippen molar-refractivity contribution in [2.24, 2.45) is 0 Å². The van der Waals surface area contributed by atoms with Crippen molar-refractivity contribution in [2.75, 3.05) is 5.75 Å². The van der Waals surface area contributed by atoms with Gasteiger partial charge < -0.3 is 4.42 Å². The fourth-order valence-electron chi connectivity index (χ4n) is 3.57. The van der Waals surface area contributed by atoms with E-state index in [1.165, 1.54) is 16.7 Å². The van der Waals surface area contributed by atoms with Gasteiger partial charge in [-0.25, -0.2) is 9.78 Å². The zero-order valence-corrected chi connectivity index (χ0v) is 19.7. The maximum atomic E-state index is 13.3. The van der Waals surface area contributed by atoms with Crippen molar-refractivity contribution in [1.82, 2.24) is 9.55 Å². The van der Waals surface area contributed by atoms with E-state index in [-0.39, 0.29) is 27.5 Å². The lowest BCUT2D eigenvalue weighted by molar-refractivity contribution is 0.101. The summed E-state index contributed by atoms with van der Waals surface area (Å²) in [6, 6.07) is 20.5. The van der Waals surface area contributed by atoms with Crippen LogP contribution >= 0.6 is 35.0 Å². The number of benzene rings is 3. The molecule has 6 nitrogen and oxygen atoms in total. The Bertz CT molecular complexity index is 1700. The van der Waals surface area contributed by atoms with Crippen LogP contribution in [-0.2, 0) is 0 Å². The molecular weight excluding hydrogens is 495 g/mol. The fraction of sp³-hybridized carbons (Fsp3) is 0.0400. The summed E-state index contributed by atoms with van der Waals surface area (Å²) in [4.78, 5) is 43.3. The zero-order valence-electron chi connectivity index (χ0n) is 17.3. The number of hydrogen-bond donors (Lipinski definition) is 0. The molecule has 0 bridgehead atoms. The molecule has 0 aliphatic rings. The van der Waals surface area contributed by atoms with E-state index in [1.54, 1.807) is 42.5 Å². The van der Waals surface area contributed by atoms with Crippen molar-refractivity contribution < 1.29 is 9.21 Å². The second kappa shape index (κ2) is 9.10. The molecule has 0 atom stereocenters. The summed E-state index contributed by atoms with van der Waals surface area (Å²) >= 11 is 13.2. The Kier molecular flexibility index (Phi) is 6.00. The number of Topliss-reactive ketones (excluding diaryl/α,β-unsaturated/α-hetero) is 1. The minimum Gasteiger partial charge on any atom is -0.421 e. The molecule has 5 rings (SSSR count). The summed E-state index contributed by atoms with van der Waals surface area (Å²) in [5.74, 6) is -0.610. The number of halogens is 2. The molecule has 2 aromatic heterocycles. The van der Waals surface area contributed by atoms with Crippen molar-refractivity contribution >= 4 is 62.6 Å². The highest BCUT2D eigenvalue weighted by Gasteiger charge is 2.19. The van der Waals surface area contributed by atoms with Crippen LogP contribution in [0.3, 0.4) is 0 Å².